The number of amides is 2. The van der Waals surface area contributed by atoms with Crippen molar-refractivity contribution in [2.75, 3.05) is 46.2 Å². The fourth-order valence-electron chi connectivity index (χ4n) is 3.54. The van der Waals surface area contributed by atoms with E-state index in [1.807, 2.05) is 39.8 Å². The Kier molecular flexibility index (Phi) is 5.54. The highest BCUT2D eigenvalue weighted by molar-refractivity contribution is 8.00. The summed E-state index contributed by atoms with van der Waals surface area (Å²) >= 11 is 1.84. The quantitative estimate of drug-likeness (QED) is 0.816. The van der Waals surface area contributed by atoms with Crippen molar-refractivity contribution >= 4 is 23.6 Å². The van der Waals surface area contributed by atoms with Crippen LogP contribution in [0.1, 0.15) is 23.2 Å². The first kappa shape index (κ1) is 18.1. The van der Waals surface area contributed by atoms with Gasteiger partial charge >= 0.3 is 0 Å². The number of rotatable bonds is 4. The normalized spacial score (nSPS) is 19.3. The topological polar surface area (TPSA) is 59.1 Å². The van der Waals surface area contributed by atoms with Crippen LogP contribution in [0.25, 0.3) is 0 Å². The molecule has 136 valence electrons. The third-order valence-electron chi connectivity index (χ3n) is 4.90. The van der Waals surface area contributed by atoms with Crippen LogP contribution in [-0.4, -0.2) is 72.7 Å². The second-order valence-corrected chi connectivity index (χ2v) is 7.75. The van der Waals surface area contributed by atoms with Crippen molar-refractivity contribution in [2.24, 2.45) is 0 Å². The molecule has 0 bridgehead atoms. The molecular formula is C18H24N2O4S. The van der Waals surface area contributed by atoms with Crippen molar-refractivity contribution in [1.82, 2.24) is 9.80 Å². The van der Waals surface area contributed by atoms with Crippen molar-refractivity contribution in [2.45, 2.75) is 17.7 Å². The van der Waals surface area contributed by atoms with Crippen LogP contribution < -0.4 is 4.74 Å². The summed E-state index contributed by atoms with van der Waals surface area (Å²) in [5, 5.41) is 0. The van der Waals surface area contributed by atoms with Gasteiger partial charge in [0.1, 0.15) is 12.4 Å². The molecule has 1 aromatic carbocycles. The minimum atomic E-state index is -0.204. The zero-order chi connectivity index (χ0) is 17.9. The standard InChI is InChI=1S/C18H24N2O4S/c1-23-13-16(21)19-8-6-18(7-9-19)20(10-11-25-18)17(22)14-4-3-5-15(12-14)24-2/h3-5,12H,6-11,13H2,1-2H3. The number of nitrogens with zero attached hydrogens (tertiary/aromatic N) is 2. The van der Waals surface area contributed by atoms with Crippen LogP contribution >= 0.6 is 11.8 Å². The van der Waals surface area contributed by atoms with E-state index in [4.69, 9.17) is 9.47 Å². The Morgan fingerprint density at radius 1 is 1.20 bits per heavy atom. The minimum Gasteiger partial charge on any atom is -0.497 e. The third-order valence-corrected chi connectivity index (χ3v) is 6.46. The number of carbonyl (C=O) groups is 2. The maximum atomic E-state index is 13.1. The lowest BCUT2D eigenvalue weighted by Gasteiger charge is -2.44. The number of hydrogen-bond acceptors (Lipinski definition) is 5. The number of carbonyl (C=O) groups excluding carboxylic acids is 2. The van der Waals surface area contributed by atoms with Gasteiger partial charge in [-0.3, -0.25) is 9.59 Å². The van der Waals surface area contributed by atoms with E-state index >= 15 is 0 Å². The van der Waals surface area contributed by atoms with Gasteiger partial charge in [-0.1, -0.05) is 6.07 Å². The summed E-state index contributed by atoms with van der Waals surface area (Å²) in [5.41, 5.74) is 0.652. The molecule has 0 saturated carbocycles. The average Bonchev–Trinajstić information content (AvgIpc) is 3.05. The molecule has 2 amide bonds. The first-order chi connectivity index (χ1) is 12.1. The zero-order valence-corrected chi connectivity index (χ0v) is 15.5. The molecule has 0 atom stereocenters. The monoisotopic (exact) mass is 364 g/mol. The van der Waals surface area contributed by atoms with Gasteiger partial charge in [0.2, 0.25) is 5.91 Å². The van der Waals surface area contributed by atoms with E-state index in [1.54, 1.807) is 13.2 Å². The minimum absolute atomic E-state index is 0.0195. The number of methoxy groups -OCH3 is 2. The van der Waals surface area contributed by atoms with Crippen molar-refractivity contribution < 1.29 is 19.1 Å². The van der Waals surface area contributed by atoms with Gasteiger partial charge in [-0.2, -0.15) is 0 Å². The molecule has 2 saturated heterocycles. The molecule has 1 spiro atoms. The number of ether oxygens (including phenoxy) is 2. The van der Waals surface area contributed by atoms with Crippen LogP contribution in [0, 0.1) is 0 Å². The van der Waals surface area contributed by atoms with Gasteiger partial charge < -0.3 is 19.3 Å². The molecular weight excluding hydrogens is 340 g/mol. The number of piperidine rings is 1. The summed E-state index contributed by atoms with van der Waals surface area (Å²) in [6, 6.07) is 7.30. The Balaban J connectivity index is 1.72. The Labute approximate surface area is 152 Å². The van der Waals surface area contributed by atoms with Crippen LogP contribution in [0.15, 0.2) is 24.3 Å². The molecule has 0 radical (unpaired) electrons. The lowest BCUT2D eigenvalue weighted by Crippen LogP contribution is -2.54. The second kappa shape index (κ2) is 7.66. The molecule has 3 rings (SSSR count). The van der Waals surface area contributed by atoms with Crippen molar-refractivity contribution in [3.05, 3.63) is 29.8 Å². The molecule has 2 heterocycles. The summed E-state index contributed by atoms with van der Waals surface area (Å²) in [6.07, 6.45) is 1.59. The highest BCUT2D eigenvalue weighted by atomic mass is 32.2. The molecule has 0 unspecified atom stereocenters. The van der Waals surface area contributed by atoms with Crippen LogP contribution in [0.5, 0.6) is 5.75 Å². The lowest BCUT2D eigenvalue weighted by molar-refractivity contribution is -0.136. The van der Waals surface area contributed by atoms with E-state index < -0.39 is 0 Å². The molecule has 25 heavy (non-hydrogen) atoms. The van der Waals surface area contributed by atoms with Gasteiger partial charge in [0.15, 0.2) is 0 Å². The highest BCUT2D eigenvalue weighted by Crippen LogP contribution is 2.44. The van der Waals surface area contributed by atoms with E-state index in [-0.39, 0.29) is 23.3 Å². The molecule has 2 fully saturated rings. The number of thioether (sulfide) groups is 1. The van der Waals surface area contributed by atoms with Gasteiger partial charge in [0, 0.05) is 38.1 Å². The van der Waals surface area contributed by atoms with Crippen molar-refractivity contribution in [1.29, 1.82) is 0 Å². The lowest BCUT2D eigenvalue weighted by atomic mass is 10.0. The van der Waals surface area contributed by atoms with Crippen LogP contribution in [0.2, 0.25) is 0 Å². The first-order valence-electron chi connectivity index (χ1n) is 8.46. The molecule has 1 aromatic rings. The summed E-state index contributed by atoms with van der Waals surface area (Å²) < 4.78 is 10.2. The molecule has 7 heteroatoms. The number of benzene rings is 1. The molecule has 0 aliphatic carbocycles. The predicted octanol–water partition coefficient (Wildman–Crippen LogP) is 1.85. The average molecular weight is 364 g/mol. The van der Waals surface area contributed by atoms with Gasteiger partial charge in [0.25, 0.3) is 5.91 Å². The van der Waals surface area contributed by atoms with Crippen LogP contribution in [0.4, 0.5) is 0 Å². The molecule has 2 aliphatic heterocycles. The van der Waals surface area contributed by atoms with Crippen molar-refractivity contribution in [3.8, 4) is 5.75 Å². The largest absolute Gasteiger partial charge is 0.497 e. The Morgan fingerprint density at radius 2 is 1.96 bits per heavy atom. The maximum Gasteiger partial charge on any atom is 0.255 e. The second-order valence-electron chi connectivity index (χ2n) is 6.30. The maximum absolute atomic E-state index is 13.1. The fraction of sp³-hybridized carbons (Fsp3) is 0.556. The van der Waals surface area contributed by atoms with Gasteiger partial charge in [-0.15, -0.1) is 11.8 Å². The van der Waals surface area contributed by atoms with E-state index in [2.05, 4.69) is 0 Å². The van der Waals surface area contributed by atoms with E-state index in [9.17, 15) is 9.59 Å². The van der Waals surface area contributed by atoms with Crippen molar-refractivity contribution in [3.63, 3.8) is 0 Å². The van der Waals surface area contributed by atoms with Gasteiger partial charge in [-0.25, -0.2) is 0 Å². The highest BCUT2D eigenvalue weighted by Gasteiger charge is 2.47. The molecule has 6 nitrogen and oxygen atoms in total. The Morgan fingerprint density at radius 3 is 2.64 bits per heavy atom. The number of likely N-dealkylation sites (tertiary alicyclic amines) is 1. The fourth-order valence-corrected chi connectivity index (χ4v) is 5.00. The summed E-state index contributed by atoms with van der Waals surface area (Å²) in [4.78, 5) is 28.7. The summed E-state index contributed by atoms with van der Waals surface area (Å²) in [7, 11) is 3.13. The SMILES string of the molecule is COCC(=O)N1CCC2(CC1)SCCN2C(=O)c1cccc(OC)c1. The molecule has 0 N–H and O–H groups in total. The van der Waals surface area contributed by atoms with Gasteiger partial charge in [0.05, 0.1) is 12.0 Å². The van der Waals surface area contributed by atoms with E-state index in [1.165, 1.54) is 7.11 Å². The Bertz CT molecular complexity index is 644. The van der Waals surface area contributed by atoms with E-state index in [0.29, 0.717) is 24.4 Å². The van der Waals surface area contributed by atoms with Gasteiger partial charge in [-0.05, 0) is 31.0 Å². The molecule has 2 aliphatic rings. The third kappa shape index (κ3) is 3.62. The molecule has 0 aromatic heterocycles. The number of hydrogen-bond donors (Lipinski definition) is 0. The zero-order valence-electron chi connectivity index (χ0n) is 14.7. The summed E-state index contributed by atoms with van der Waals surface area (Å²) in [6.45, 7) is 2.19. The van der Waals surface area contributed by atoms with Crippen LogP contribution in [0.3, 0.4) is 0 Å². The van der Waals surface area contributed by atoms with Crippen LogP contribution in [-0.2, 0) is 9.53 Å². The predicted molar refractivity (Wildman–Crippen MR) is 96.9 cm³/mol. The summed E-state index contributed by atoms with van der Waals surface area (Å²) in [5.74, 6) is 1.68. The Hall–Kier alpha value is -1.73. The smallest absolute Gasteiger partial charge is 0.255 e. The van der Waals surface area contributed by atoms with E-state index in [0.717, 1.165) is 25.1 Å². The first-order valence-corrected chi connectivity index (χ1v) is 9.45.